The number of aryl methyl sites for hydroxylation is 1. The highest BCUT2D eigenvalue weighted by Crippen LogP contribution is 2.34. The van der Waals surface area contributed by atoms with Crippen LogP contribution in [0.2, 0.25) is 0 Å². The molecule has 7 heteroatoms. The molecular formula is C31H27N3O3S. The number of hydrogen-bond acceptors (Lipinski definition) is 6. The van der Waals surface area contributed by atoms with E-state index in [1.807, 2.05) is 97.9 Å². The van der Waals surface area contributed by atoms with Crippen LogP contribution >= 0.6 is 11.8 Å². The van der Waals surface area contributed by atoms with E-state index in [0.717, 1.165) is 27.8 Å². The van der Waals surface area contributed by atoms with Gasteiger partial charge < -0.3 is 10.1 Å². The molecule has 0 saturated heterocycles. The van der Waals surface area contributed by atoms with Gasteiger partial charge in [0.1, 0.15) is 17.1 Å². The van der Waals surface area contributed by atoms with Gasteiger partial charge in [-0.3, -0.25) is 4.79 Å². The third-order valence-corrected chi connectivity index (χ3v) is 6.95. The zero-order chi connectivity index (χ0) is 26.9. The highest BCUT2D eigenvalue weighted by atomic mass is 32.2. The van der Waals surface area contributed by atoms with Crippen LogP contribution in [-0.2, 0) is 20.7 Å². The number of rotatable bonds is 9. The van der Waals surface area contributed by atoms with Crippen LogP contribution in [0.1, 0.15) is 16.7 Å². The van der Waals surface area contributed by atoms with Crippen molar-refractivity contribution in [3.05, 3.63) is 108 Å². The topological polar surface area (TPSA) is 92.1 Å². The van der Waals surface area contributed by atoms with Gasteiger partial charge in [0.15, 0.2) is 0 Å². The Bertz CT molecular complexity index is 1450. The first-order valence-corrected chi connectivity index (χ1v) is 13.1. The summed E-state index contributed by atoms with van der Waals surface area (Å²) < 4.78 is 4.91. The number of hydrogen-bond donors (Lipinski definition) is 1. The molecule has 0 bridgehead atoms. The lowest BCUT2D eigenvalue weighted by molar-refractivity contribution is -0.144. The molecule has 1 heterocycles. The second-order valence-electron chi connectivity index (χ2n) is 8.70. The van der Waals surface area contributed by atoms with E-state index in [4.69, 9.17) is 9.72 Å². The lowest BCUT2D eigenvalue weighted by atomic mass is 9.98. The molecule has 0 aliphatic rings. The Balaban J connectivity index is 1.61. The van der Waals surface area contributed by atoms with Crippen molar-refractivity contribution in [1.29, 1.82) is 5.26 Å². The number of thioether (sulfide) groups is 1. The quantitative estimate of drug-likeness (QED) is 0.228. The number of ether oxygens (including phenoxy) is 1. The number of aromatic nitrogens is 1. The first-order chi connectivity index (χ1) is 18.5. The fourth-order valence-corrected chi connectivity index (χ4v) is 4.82. The second kappa shape index (κ2) is 12.7. The molecule has 1 aromatic heterocycles. The van der Waals surface area contributed by atoms with Gasteiger partial charge in [0.25, 0.3) is 0 Å². The number of nitriles is 1. The number of carbonyl (C=O) groups is 2. The number of pyridine rings is 1. The van der Waals surface area contributed by atoms with Gasteiger partial charge in [-0.25, -0.2) is 9.78 Å². The average molecular weight is 522 g/mol. The number of amides is 1. The van der Waals surface area contributed by atoms with Crippen LogP contribution in [0.4, 0.5) is 0 Å². The summed E-state index contributed by atoms with van der Waals surface area (Å²) in [7, 11) is 1.30. The summed E-state index contributed by atoms with van der Waals surface area (Å²) in [6.45, 7) is 2.01. The predicted molar refractivity (Wildman–Crippen MR) is 149 cm³/mol. The van der Waals surface area contributed by atoms with E-state index in [2.05, 4.69) is 11.4 Å². The Kier molecular flexibility index (Phi) is 8.91. The minimum Gasteiger partial charge on any atom is -0.467 e. The van der Waals surface area contributed by atoms with Crippen molar-refractivity contribution in [3.8, 4) is 28.5 Å². The largest absolute Gasteiger partial charge is 0.467 e. The average Bonchev–Trinajstić information content (AvgIpc) is 2.96. The third-order valence-electron chi connectivity index (χ3n) is 5.97. The van der Waals surface area contributed by atoms with Gasteiger partial charge in [-0.15, -0.1) is 0 Å². The molecule has 6 nitrogen and oxygen atoms in total. The van der Waals surface area contributed by atoms with E-state index < -0.39 is 12.0 Å². The first-order valence-electron chi connectivity index (χ1n) is 12.1. The third kappa shape index (κ3) is 6.67. The summed E-state index contributed by atoms with van der Waals surface area (Å²) in [5.74, 6) is -0.889. The molecule has 190 valence electrons. The fraction of sp³-hybridized carbons (Fsp3) is 0.161. The lowest BCUT2D eigenvalue weighted by Crippen LogP contribution is -2.43. The molecule has 0 unspecified atom stereocenters. The van der Waals surface area contributed by atoms with Gasteiger partial charge in [0.05, 0.1) is 24.1 Å². The van der Waals surface area contributed by atoms with Crippen molar-refractivity contribution >= 4 is 23.6 Å². The summed E-state index contributed by atoms with van der Waals surface area (Å²) >= 11 is 1.17. The Morgan fingerprint density at radius 1 is 0.974 bits per heavy atom. The zero-order valence-corrected chi connectivity index (χ0v) is 22.0. The van der Waals surface area contributed by atoms with Crippen molar-refractivity contribution in [2.75, 3.05) is 12.9 Å². The molecular weight excluding hydrogens is 494 g/mol. The standard InChI is InChI=1S/C31H27N3O3S/c1-21-13-15-23(16-14-21)25-18-27(24-11-7-4-8-12-24)34-30(26(25)19-32)38-20-29(35)33-28(31(36)37-2)17-22-9-5-3-6-10-22/h3-16,18,28H,17,20H2,1-2H3,(H,33,35)/t28-/m0/s1. The molecule has 0 aliphatic carbocycles. The van der Waals surface area contributed by atoms with E-state index in [-0.39, 0.29) is 11.7 Å². The fourth-order valence-electron chi connectivity index (χ4n) is 4.01. The van der Waals surface area contributed by atoms with Gasteiger partial charge in [-0.1, -0.05) is 102 Å². The summed E-state index contributed by atoms with van der Waals surface area (Å²) in [6, 6.07) is 30.5. The van der Waals surface area contributed by atoms with Crippen LogP contribution in [0, 0.1) is 18.3 Å². The monoisotopic (exact) mass is 521 g/mol. The maximum Gasteiger partial charge on any atom is 0.328 e. The van der Waals surface area contributed by atoms with Crippen LogP contribution in [0.15, 0.2) is 96.0 Å². The smallest absolute Gasteiger partial charge is 0.328 e. The maximum atomic E-state index is 12.9. The van der Waals surface area contributed by atoms with Gasteiger partial charge >= 0.3 is 5.97 Å². The van der Waals surface area contributed by atoms with E-state index in [1.54, 1.807) is 0 Å². The van der Waals surface area contributed by atoms with E-state index >= 15 is 0 Å². The van der Waals surface area contributed by atoms with Crippen molar-refractivity contribution in [2.24, 2.45) is 0 Å². The summed E-state index contributed by atoms with van der Waals surface area (Å²) in [6.07, 6.45) is 0.312. The van der Waals surface area contributed by atoms with Crippen LogP contribution in [0.3, 0.4) is 0 Å². The Morgan fingerprint density at radius 2 is 1.63 bits per heavy atom. The van der Waals surface area contributed by atoms with Crippen LogP contribution in [-0.4, -0.2) is 35.8 Å². The summed E-state index contributed by atoms with van der Waals surface area (Å²) in [4.78, 5) is 30.0. The van der Waals surface area contributed by atoms with Crippen molar-refractivity contribution in [1.82, 2.24) is 10.3 Å². The van der Waals surface area contributed by atoms with E-state index in [0.29, 0.717) is 22.7 Å². The molecule has 1 N–H and O–H groups in total. The lowest BCUT2D eigenvalue weighted by Gasteiger charge is -2.17. The van der Waals surface area contributed by atoms with Gasteiger partial charge in [-0.2, -0.15) is 5.26 Å². The Morgan fingerprint density at radius 3 is 2.26 bits per heavy atom. The van der Waals surface area contributed by atoms with Crippen molar-refractivity contribution < 1.29 is 14.3 Å². The molecule has 0 saturated carbocycles. The molecule has 0 aliphatic heterocycles. The summed E-state index contributed by atoms with van der Waals surface area (Å²) in [5, 5.41) is 13.3. The number of benzene rings is 3. The molecule has 0 radical (unpaired) electrons. The maximum absolute atomic E-state index is 12.9. The number of methoxy groups -OCH3 is 1. The number of nitrogens with zero attached hydrogens (tertiary/aromatic N) is 2. The molecule has 38 heavy (non-hydrogen) atoms. The molecule has 4 aromatic rings. The first kappa shape index (κ1) is 26.6. The minimum absolute atomic E-state index is 0.0183. The van der Waals surface area contributed by atoms with Gasteiger partial charge in [-0.05, 0) is 24.1 Å². The molecule has 0 fully saturated rings. The normalized spacial score (nSPS) is 11.3. The minimum atomic E-state index is -0.822. The number of carbonyl (C=O) groups excluding carboxylic acids is 2. The summed E-state index contributed by atoms with van der Waals surface area (Å²) in [5.41, 5.74) is 5.69. The van der Waals surface area contributed by atoms with Crippen molar-refractivity contribution in [3.63, 3.8) is 0 Å². The molecule has 3 aromatic carbocycles. The molecule has 0 spiro atoms. The van der Waals surface area contributed by atoms with Gasteiger partial charge in [0.2, 0.25) is 5.91 Å². The van der Waals surface area contributed by atoms with Crippen LogP contribution in [0.25, 0.3) is 22.4 Å². The molecule has 1 amide bonds. The Hall–Kier alpha value is -4.41. The number of nitrogens with one attached hydrogen (secondary N) is 1. The van der Waals surface area contributed by atoms with Crippen LogP contribution < -0.4 is 5.32 Å². The molecule has 1 atom stereocenters. The van der Waals surface area contributed by atoms with E-state index in [9.17, 15) is 14.9 Å². The highest BCUT2D eigenvalue weighted by Gasteiger charge is 2.23. The number of esters is 1. The predicted octanol–water partition coefficient (Wildman–Crippen LogP) is 5.59. The van der Waals surface area contributed by atoms with Crippen LogP contribution in [0.5, 0.6) is 0 Å². The SMILES string of the molecule is COC(=O)[C@H](Cc1ccccc1)NC(=O)CSc1nc(-c2ccccc2)cc(-c2ccc(C)cc2)c1C#N. The molecule has 4 rings (SSSR count). The van der Waals surface area contributed by atoms with Gasteiger partial charge in [0, 0.05) is 17.5 Å². The van der Waals surface area contributed by atoms with E-state index in [1.165, 1.54) is 18.9 Å². The second-order valence-corrected chi connectivity index (χ2v) is 9.66. The van der Waals surface area contributed by atoms with Crippen molar-refractivity contribution in [2.45, 2.75) is 24.4 Å². The zero-order valence-electron chi connectivity index (χ0n) is 21.2. The Labute approximate surface area is 226 Å². The highest BCUT2D eigenvalue weighted by molar-refractivity contribution is 8.00.